The van der Waals surface area contributed by atoms with Crippen LogP contribution in [0.15, 0.2) is 24.3 Å². The molecule has 3 nitrogen and oxygen atoms in total. The SMILES string of the molecule is CNC(Cc1cc(C)nn1C)c1ccc(Cl)c(C)c1. The first-order chi connectivity index (χ1) is 9.01. The van der Waals surface area contributed by atoms with Crippen molar-refractivity contribution in [2.24, 2.45) is 7.05 Å². The van der Waals surface area contributed by atoms with Gasteiger partial charge in [-0.2, -0.15) is 5.10 Å². The smallest absolute Gasteiger partial charge is 0.0596 e. The van der Waals surface area contributed by atoms with Crippen LogP contribution >= 0.6 is 11.6 Å². The van der Waals surface area contributed by atoms with Crippen LogP contribution < -0.4 is 5.32 Å². The lowest BCUT2D eigenvalue weighted by Gasteiger charge is -2.17. The molecular weight excluding hydrogens is 258 g/mol. The Bertz CT molecular complexity index is 575. The number of hydrogen-bond acceptors (Lipinski definition) is 2. The lowest BCUT2D eigenvalue weighted by atomic mass is 10.00. The number of aromatic nitrogens is 2. The average molecular weight is 278 g/mol. The second-order valence-electron chi connectivity index (χ2n) is 4.95. The number of aryl methyl sites for hydroxylation is 3. The van der Waals surface area contributed by atoms with Crippen LogP contribution in [-0.2, 0) is 13.5 Å². The first-order valence-electron chi connectivity index (χ1n) is 6.44. The zero-order valence-electron chi connectivity index (χ0n) is 11.9. The molecule has 0 aliphatic heterocycles. The third-order valence-electron chi connectivity index (χ3n) is 3.44. The maximum absolute atomic E-state index is 6.08. The molecule has 0 bridgehead atoms. The number of nitrogens with zero attached hydrogens (tertiary/aromatic N) is 2. The van der Waals surface area contributed by atoms with Crippen LogP contribution in [0.4, 0.5) is 0 Å². The topological polar surface area (TPSA) is 29.9 Å². The van der Waals surface area contributed by atoms with Crippen LogP contribution in [0.5, 0.6) is 0 Å². The summed E-state index contributed by atoms with van der Waals surface area (Å²) < 4.78 is 1.95. The summed E-state index contributed by atoms with van der Waals surface area (Å²) in [5.74, 6) is 0. The van der Waals surface area contributed by atoms with Crippen LogP contribution in [0, 0.1) is 13.8 Å². The molecule has 1 unspecified atom stereocenters. The lowest BCUT2D eigenvalue weighted by Crippen LogP contribution is -2.20. The van der Waals surface area contributed by atoms with Crippen LogP contribution in [0.25, 0.3) is 0 Å². The van der Waals surface area contributed by atoms with E-state index < -0.39 is 0 Å². The van der Waals surface area contributed by atoms with Gasteiger partial charge >= 0.3 is 0 Å². The van der Waals surface area contributed by atoms with Gasteiger partial charge in [-0.05, 0) is 44.2 Å². The molecule has 0 spiro atoms. The van der Waals surface area contributed by atoms with E-state index in [2.05, 4.69) is 28.6 Å². The van der Waals surface area contributed by atoms with Crippen molar-refractivity contribution in [2.45, 2.75) is 26.3 Å². The molecule has 0 radical (unpaired) electrons. The minimum atomic E-state index is 0.269. The normalized spacial score (nSPS) is 12.7. The summed E-state index contributed by atoms with van der Waals surface area (Å²) in [6, 6.07) is 8.59. The Labute approximate surface area is 119 Å². The highest BCUT2D eigenvalue weighted by Gasteiger charge is 2.13. The molecule has 0 aliphatic rings. The van der Waals surface area contributed by atoms with E-state index in [1.165, 1.54) is 11.3 Å². The monoisotopic (exact) mass is 277 g/mol. The summed E-state index contributed by atoms with van der Waals surface area (Å²) in [5.41, 5.74) is 4.65. The van der Waals surface area contributed by atoms with E-state index >= 15 is 0 Å². The van der Waals surface area contributed by atoms with Crippen LogP contribution in [0.2, 0.25) is 5.02 Å². The van der Waals surface area contributed by atoms with Gasteiger partial charge in [0, 0.05) is 30.2 Å². The quantitative estimate of drug-likeness (QED) is 0.930. The Morgan fingerprint density at radius 2 is 2.05 bits per heavy atom. The molecule has 0 saturated heterocycles. The third kappa shape index (κ3) is 3.17. The van der Waals surface area contributed by atoms with Crippen molar-refractivity contribution >= 4 is 11.6 Å². The molecule has 0 saturated carbocycles. The van der Waals surface area contributed by atoms with Gasteiger partial charge in [-0.1, -0.05) is 23.7 Å². The molecule has 1 heterocycles. The van der Waals surface area contributed by atoms with Crippen molar-refractivity contribution in [1.82, 2.24) is 15.1 Å². The second-order valence-corrected chi connectivity index (χ2v) is 5.36. The van der Waals surface area contributed by atoms with Crippen molar-refractivity contribution in [2.75, 3.05) is 7.05 Å². The predicted molar refractivity (Wildman–Crippen MR) is 79.6 cm³/mol. The number of benzene rings is 1. The largest absolute Gasteiger partial charge is 0.313 e. The molecule has 0 aliphatic carbocycles. The molecule has 2 rings (SSSR count). The van der Waals surface area contributed by atoms with E-state index in [-0.39, 0.29) is 6.04 Å². The highest BCUT2D eigenvalue weighted by molar-refractivity contribution is 6.31. The van der Waals surface area contributed by atoms with Crippen molar-refractivity contribution < 1.29 is 0 Å². The van der Waals surface area contributed by atoms with E-state index in [4.69, 9.17) is 11.6 Å². The Kier molecular flexibility index (Phi) is 4.27. The fourth-order valence-corrected chi connectivity index (χ4v) is 2.45. The van der Waals surface area contributed by atoms with Crippen molar-refractivity contribution in [1.29, 1.82) is 0 Å². The minimum Gasteiger partial charge on any atom is -0.313 e. The highest BCUT2D eigenvalue weighted by atomic mass is 35.5. The maximum atomic E-state index is 6.08. The van der Waals surface area contributed by atoms with Gasteiger partial charge in [0.1, 0.15) is 0 Å². The summed E-state index contributed by atoms with van der Waals surface area (Å²) in [4.78, 5) is 0. The molecule has 1 N–H and O–H groups in total. The minimum absolute atomic E-state index is 0.269. The van der Waals surface area contributed by atoms with Crippen molar-refractivity contribution in [3.05, 3.63) is 51.8 Å². The van der Waals surface area contributed by atoms with E-state index in [0.29, 0.717) is 0 Å². The number of halogens is 1. The Morgan fingerprint density at radius 3 is 2.58 bits per heavy atom. The summed E-state index contributed by atoms with van der Waals surface area (Å²) in [7, 11) is 3.97. The van der Waals surface area contributed by atoms with Gasteiger partial charge in [-0.25, -0.2) is 0 Å². The van der Waals surface area contributed by atoms with Crippen LogP contribution in [0.1, 0.15) is 28.6 Å². The number of nitrogens with one attached hydrogen (secondary N) is 1. The third-order valence-corrected chi connectivity index (χ3v) is 3.87. The molecule has 102 valence electrons. The van der Waals surface area contributed by atoms with Crippen molar-refractivity contribution in [3.8, 4) is 0 Å². The molecule has 0 amide bonds. The summed E-state index contributed by atoms with van der Waals surface area (Å²) in [6.45, 7) is 4.05. The van der Waals surface area contributed by atoms with Gasteiger partial charge in [0.25, 0.3) is 0 Å². The second kappa shape index (κ2) is 5.76. The molecule has 1 atom stereocenters. The van der Waals surface area contributed by atoms with Gasteiger partial charge in [-0.15, -0.1) is 0 Å². The molecule has 1 aromatic heterocycles. The molecule has 1 aromatic carbocycles. The van der Waals surface area contributed by atoms with Crippen molar-refractivity contribution in [3.63, 3.8) is 0 Å². The Morgan fingerprint density at radius 1 is 1.32 bits per heavy atom. The fourth-order valence-electron chi connectivity index (χ4n) is 2.34. The van der Waals surface area contributed by atoms with Gasteiger partial charge in [0.05, 0.1) is 5.69 Å². The van der Waals surface area contributed by atoms with Gasteiger partial charge < -0.3 is 5.32 Å². The molecule has 19 heavy (non-hydrogen) atoms. The first kappa shape index (κ1) is 14.1. The van der Waals surface area contributed by atoms with E-state index in [1.54, 1.807) is 0 Å². The van der Waals surface area contributed by atoms with E-state index in [9.17, 15) is 0 Å². The van der Waals surface area contributed by atoms with Crippen LogP contribution in [-0.4, -0.2) is 16.8 Å². The van der Waals surface area contributed by atoms with Crippen LogP contribution in [0.3, 0.4) is 0 Å². The number of likely N-dealkylation sites (N-methyl/N-ethyl adjacent to an activating group) is 1. The summed E-state index contributed by atoms with van der Waals surface area (Å²) in [6.07, 6.45) is 0.912. The predicted octanol–water partition coefficient (Wildman–Crippen LogP) is 3.19. The highest BCUT2D eigenvalue weighted by Crippen LogP contribution is 2.23. The van der Waals surface area contributed by atoms with E-state index in [1.807, 2.05) is 38.7 Å². The summed E-state index contributed by atoms with van der Waals surface area (Å²) in [5, 5.41) is 8.57. The first-order valence-corrected chi connectivity index (χ1v) is 6.82. The van der Waals surface area contributed by atoms with Gasteiger partial charge in [0.2, 0.25) is 0 Å². The van der Waals surface area contributed by atoms with Gasteiger partial charge in [-0.3, -0.25) is 4.68 Å². The zero-order valence-corrected chi connectivity index (χ0v) is 12.6. The number of hydrogen-bond donors (Lipinski definition) is 1. The summed E-state index contributed by atoms with van der Waals surface area (Å²) >= 11 is 6.08. The van der Waals surface area contributed by atoms with E-state index in [0.717, 1.165) is 22.7 Å². The molecular formula is C15H20ClN3. The maximum Gasteiger partial charge on any atom is 0.0596 e. The Hall–Kier alpha value is -1.32. The lowest BCUT2D eigenvalue weighted by molar-refractivity contribution is 0.561. The number of rotatable bonds is 4. The molecule has 2 aromatic rings. The molecule has 4 heteroatoms. The Balaban J connectivity index is 2.24. The van der Waals surface area contributed by atoms with Gasteiger partial charge in [0.15, 0.2) is 0 Å². The standard InChI is InChI=1S/C15H20ClN3/c1-10-7-12(5-6-14(10)16)15(17-3)9-13-8-11(2)18-19(13)4/h5-8,15,17H,9H2,1-4H3. The average Bonchev–Trinajstić information content (AvgIpc) is 2.68. The fraction of sp³-hybridized carbons (Fsp3) is 0.400. The molecule has 0 fully saturated rings. The zero-order chi connectivity index (χ0) is 14.0.